The summed E-state index contributed by atoms with van der Waals surface area (Å²) in [5, 5.41) is 3.63. The number of hydrogen-bond acceptors (Lipinski definition) is 4. The maximum absolute atomic E-state index is 12.8. The number of rotatable bonds is 6. The monoisotopic (exact) mass is 372 g/mol. The van der Waals surface area contributed by atoms with Gasteiger partial charge in [-0.3, -0.25) is 0 Å². The molecule has 0 radical (unpaired) electrons. The first kappa shape index (κ1) is 18.8. The highest BCUT2D eigenvalue weighted by molar-refractivity contribution is 5.69. The number of carbonyl (C=O) groups is 1. The number of carbonyl (C=O) groups excluding carboxylic acids is 1. The molecule has 1 N–H and O–H groups in total. The van der Waals surface area contributed by atoms with Crippen LogP contribution in [0.3, 0.4) is 0 Å². The molecule has 4 rings (SSSR count). The van der Waals surface area contributed by atoms with Crippen molar-refractivity contribution < 1.29 is 14.3 Å². The van der Waals surface area contributed by atoms with Crippen LogP contribution in [0.25, 0.3) is 0 Å². The van der Waals surface area contributed by atoms with E-state index in [1.165, 1.54) is 12.8 Å². The van der Waals surface area contributed by atoms with Crippen molar-refractivity contribution in [2.24, 2.45) is 5.92 Å². The number of benzene rings is 1. The highest BCUT2D eigenvalue weighted by atomic mass is 16.6. The number of nitrogens with one attached hydrogen (secondary N) is 1. The van der Waals surface area contributed by atoms with Gasteiger partial charge in [-0.2, -0.15) is 0 Å². The zero-order chi connectivity index (χ0) is 18.6. The fourth-order valence-corrected chi connectivity index (χ4v) is 5.34. The molecule has 4 unspecified atom stereocenters. The number of piperidine rings is 1. The van der Waals surface area contributed by atoms with Gasteiger partial charge in [-0.1, -0.05) is 30.3 Å². The molecule has 4 atom stereocenters. The van der Waals surface area contributed by atoms with Gasteiger partial charge in [0.2, 0.25) is 0 Å². The summed E-state index contributed by atoms with van der Waals surface area (Å²) in [5.41, 5.74) is 1.04. The van der Waals surface area contributed by atoms with Crippen molar-refractivity contribution in [1.82, 2.24) is 10.2 Å². The molecule has 3 saturated heterocycles. The van der Waals surface area contributed by atoms with Gasteiger partial charge in [0.05, 0.1) is 6.10 Å². The van der Waals surface area contributed by atoms with Crippen molar-refractivity contribution >= 4 is 6.09 Å². The SMILES string of the molecule is CCOC(C1CC2CCC(C1)N2C(=O)OCc1ccccc1)C1CCCN1. The Labute approximate surface area is 162 Å². The van der Waals surface area contributed by atoms with E-state index in [-0.39, 0.29) is 12.2 Å². The number of hydrogen-bond donors (Lipinski definition) is 1. The lowest BCUT2D eigenvalue weighted by Gasteiger charge is -2.42. The van der Waals surface area contributed by atoms with E-state index in [2.05, 4.69) is 12.2 Å². The molecule has 148 valence electrons. The van der Waals surface area contributed by atoms with Gasteiger partial charge in [-0.05, 0) is 63.5 Å². The second-order valence-corrected chi connectivity index (χ2v) is 8.19. The highest BCUT2D eigenvalue weighted by Crippen LogP contribution is 2.42. The summed E-state index contributed by atoms with van der Waals surface area (Å²) in [7, 11) is 0. The summed E-state index contributed by atoms with van der Waals surface area (Å²) < 4.78 is 11.8. The van der Waals surface area contributed by atoms with Gasteiger partial charge in [-0.25, -0.2) is 4.79 Å². The number of ether oxygens (including phenoxy) is 2. The Morgan fingerprint density at radius 1 is 1.19 bits per heavy atom. The van der Waals surface area contributed by atoms with E-state index in [0.717, 1.165) is 44.4 Å². The third kappa shape index (κ3) is 4.14. The zero-order valence-electron chi connectivity index (χ0n) is 16.3. The van der Waals surface area contributed by atoms with E-state index < -0.39 is 0 Å². The summed E-state index contributed by atoms with van der Waals surface area (Å²) in [5.74, 6) is 0.538. The minimum absolute atomic E-state index is 0.142. The second kappa shape index (κ2) is 8.61. The number of amides is 1. The molecule has 3 heterocycles. The molecule has 1 aromatic rings. The minimum atomic E-state index is -0.142. The van der Waals surface area contributed by atoms with Gasteiger partial charge in [0.1, 0.15) is 6.61 Å². The number of nitrogens with zero attached hydrogens (tertiary/aromatic N) is 1. The molecule has 2 bridgehead atoms. The first-order valence-electron chi connectivity index (χ1n) is 10.6. The Bertz CT molecular complexity index is 603. The van der Waals surface area contributed by atoms with Crippen LogP contribution >= 0.6 is 0 Å². The van der Waals surface area contributed by atoms with Crippen LogP contribution in [0, 0.1) is 5.92 Å². The van der Waals surface area contributed by atoms with E-state index >= 15 is 0 Å². The van der Waals surface area contributed by atoms with Crippen LogP contribution in [-0.2, 0) is 16.1 Å². The van der Waals surface area contributed by atoms with Gasteiger partial charge in [0, 0.05) is 24.7 Å². The van der Waals surface area contributed by atoms with E-state index in [0.29, 0.717) is 30.7 Å². The highest BCUT2D eigenvalue weighted by Gasteiger charge is 2.47. The van der Waals surface area contributed by atoms with Crippen LogP contribution in [0.5, 0.6) is 0 Å². The largest absolute Gasteiger partial charge is 0.445 e. The molecule has 5 heteroatoms. The van der Waals surface area contributed by atoms with Crippen molar-refractivity contribution in [1.29, 1.82) is 0 Å². The second-order valence-electron chi connectivity index (χ2n) is 8.19. The molecule has 3 aliphatic rings. The van der Waals surface area contributed by atoms with E-state index in [1.807, 2.05) is 35.2 Å². The maximum atomic E-state index is 12.8. The van der Waals surface area contributed by atoms with Crippen LogP contribution in [-0.4, -0.2) is 48.4 Å². The molecule has 0 spiro atoms. The Hall–Kier alpha value is -1.59. The number of fused-ring (bicyclic) bond motifs is 2. The standard InChI is InChI=1S/C22H32N2O3/c1-2-26-21(20-9-6-12-23-20)17-13-18-10-11-19(14-17)24(18)22(25)27-15-16-7-4-3-5-8-16/h3-5,7-8,17-21,23H,2,6,9-15H2,1H3. The summed E-state index contributed by atoms with van der Waals surface area (Å²) in [4.78, 5) is 14.8. The topological polar surface area (TPSA) is 50.8 Å². The van der Waals surface area contributed by atoms with E-state index in [4.69, 9.17) is 9.47 Å². The van der Waals surface area contributed by atoms with Gasteiger partial charge < -0.3 is 19.7 Å². The Morgan fingerprint density at radius 3 is 2.56 bits per heavy atom. The van der Waals surface area contributed by atoms with E-state index in [9.17, 15) is 4.79 Å². The molecule has 0 aromatic heterocycles. The summed E-state index contributed by atoms with van der Waals surface area (Å²) >= 11 is 0. The van der Waals surface area contributed by atoms with Crippen LogP contribution in [0.2, 0.25) is 0 Å². The molecule has 3 aliphatic heterocycles. The summed E-state index contributed by atoms with van der Waals surface area (Å²) in [6.45, 7) is 4.31. The normalized spacial score (nSPS) is 31.1. The Kier molecular flexibility index (Phi) is 5.98. The minimum Gasteiger partial charge on any atom is -0.445 e. The van der Waals surface area contributed by atoms with Crippen molar-refractivity contribution in [3.8, 4) is 0 Å². The average molecular weight is 373 g/mol. The lowest BCUT2D eigenvalue weighted by atomic mass is 9.83. The molecule has 1 aromatic carbocycles. The molecule has 1 amide bonds. The first-order valence-corrected chi connectivity index (χ1v) is 10.6. The fraction of sp³-hybridized carbons (Fsp3) is 0.682. The molecule has 3 fully saturated rings. The zero-order valence-corrected chi connectivity index (χ0v) is 16.3. The maximum Gasteiger partial charge on any atom is 0.410 e. The van der Waals surface area contributed by atoms with Crippen LogP contribution in [0.1, 0.15) is 51.0 Å². The molecule has 0 saturated carbocycles. The van der Waals surface area contributed by atoms with Crippen LogP contribution in [0.4, 0.5) is 4.79 Å². The quantitative estimate of drug-likeness (QED) is 0.827. The van der Waals surface area contributed by atoms with Gasteiger partial charge >= 0.3 is 6.09 Å². The summed E-state index contributed by atoms with van der Waals surface area (Å²) in [6, 6.07) is 11.0. The predicted octanol–water partition coefficient (Wildman–Crippen LogP) is 3.72. The molecule has 27 heavy (non-hydrogen) atoms. The third-order valence-electron chi connectivity index (χ3n) is 6.50. The summed E-state index contributed by atoms with van der Waals surface area (Å²) in [6.07, 6.45) is 6.86. The van der Waals surface area contributed by atoms with Crippen molar-refractivity contribution in [3.05, 3.63) is 35.9 Å². The lowest BCUT2D eigenvalue weighted by molar-refractivity contribution is -0.0364. The van der Waals surface area contributed by atoms with Crippen molar-refractivity contribution in [3.63, 3.8) is 0 Å². The van der Waals surface area contributed by atoms with Crippen molar-refractivity contribution in [2.75, 3.05) is 13.2 Å². The Balaban J connectivity index is 1.37. The fourth-order valence-electron chi connectivity index (χ4n) is 5.34. The predicted molar refractivity (Wildman–Crippen MR) is 104 cm³/mol. The molecular weight excluding hydrogens is 340 g/mol. The molecule has 5 nitrogen and oxygen atoms in total. The van der Waals surface area contributed by atoms with Gasteiger partial charge in [-0.15, -0.1) is 0 Å². The van der Waals surface area contributed by atoms with Crippen LogP contribution < -0.4 is 5.32 Å². The molecule has 0 aliphatic carbocycles. The average Bonchev–Trinajstić information content (AvgIpc) is 3.31. The van der Waals surface area contributed by atoms with Crippen LogP contribution in [0.15, 0.2) is 30.3 Å². The first-order chi connectivity index (χ1) is 13.3. The van der Waals surface area contributed by atoms with Gasteiger partial charge in [0.25, 0.3) is 0 Å². The smallest absolute Gasteiger partial charge is 0.410 e. The van der Waals surface area contributed by atoms with E-state index in [1.54, 1.807) is 0 Å². The lowest BCUT2D eigenvalue weighted by Crippen LogP contribution is -2.52. The van der Waals surface area contributed by atoms with Gasteiger partial charge in [0.15, 0.2) is 0 Å². The molecular formula is C22H32N2O3. The Morgan fingerprint density at radius 2 is 1.93 bits per heavy atom. The van der Waals surface area contributed by atoms with Crippen molar-refractivity contribution in [2.45, 2.75) is 76.3 Å². The third-order valence-corrected chi connectivity index (χ3v) is 6.50.